The van der Waals surface area contributed by atoms with Crippen molar-refractivity contribution in [1.29, 1.82) is 0 Å². The Bertz CT molecular complexity index is 981. The van der Waals surface area contributed by atoms with Gasteiger partial charge in [-0.1, -0.05) is 12.1 Å². The third-order valence-corrected chi connectivity index (χ3v) is 4.69. The summed E-state index contributed by atoms with van der Waals surface area (Å²) in [5.41, 5.74) is 1.42. The normalized spacial score (nSPS) is 11.2. The highest BCUT2D eigenvalue weighted by molar-refractivity contribution is 7.92. The smallest absolute Gasteiger partial charge is 0.262 e. The van der Waals surface area contributed by atoms with Crippen LogP contribution in [0.1, 0.15) is 17.3 Å². The summed E-state index contributed by atoms with van der Waals surface area (Å²) in [6.45, 7) is 1.39. The molecule has 0 spiro atoms. The first kappa shape index (κ1) is 15.9. The van der Waals surface area contributed by atoms with Crippen LogP contribution in [0.4, 0.5) is 5.69 Å². The van der Waals surface area contributed by atoms with E-state index in [4.69, 9.17) is 0 Å². The zero-order chi connectivity index (χ0) is 17.2. The highest BCUT2D eigenvalue weighted by Crippen LogP contribution is 2.18. The van der Waals surface area contributed by atoms with E-state index >= 15 is 0 Å². The molecule has 0 saturated heterocycles. The second kappa shape index (κ2) is 6.25. The van der Waals surface area contributed by atoms with Crippen LogP contribution in [0.3, 0.4) is 0 Å². The molecule has 0 fully saturated rings. The molecule has 1 N–H and O–H groups in total. The molecule has 24 heavy (non-hydrogen) atoms. The molecule has 3 rings (SSSR count). The van der Waals surface area contributed by atoms with Crippen LogP contribution >= 0.6 is 0 Å². The van der Waals surface area contributed by atoms with Crippen LogP contribution in [0.5, 0.6) is 0 Å². The van der Waals surface area contributed by atoms with Gasteiger partial charge >= 0.3 is 0 Å². The van der Waals surface area contributed by atoms with E-state index in [1.807, 2.05) is 0 Å². The fourth-order valence-corrected chi connectivity index (χ4v) is 3.18. The van der Waals surface area contributed by atoms with Gasteiger partial charge in [-0.15, -0.1) is 0 Å². The van der Waals surface area contributed by atoms with Crippen LogP contribution in [-0.2, 0) is 10.0 Å². The van der Waals surface area contributed by atoms with E-state index in [2.05, 4.69) is 14.8 Å². The lowest BCUT2D eigenvalue weighted by atomic mass is 10.2. The third kappa shape index (κ3) is 3.33. The number of carbonyl (C=O) groups is 1. The summed E-state index contributed by atoms with van der Waals surface area (Å²) in [6.07, 6.45) is 6.21. The summed E-state index contributed by atoms with van der Waals surface area (Å²) in [5, 5.41) is 4.12. The Morgan fingerprint density at radius 2 is 1.92 bits per heavy atom. The average Bonchev–Trinajstić information content (AvgIpc) is 3.03. The van der Waals surface area contributed by atoms with Gasteiger partial charge in [0.25, 0.3) is 10.0 Å². The number of sulfonamides is 1. The lowest BCUT2D eigenvalue weighted by Gasteiger charge is -2.07. The lowest BCUT2D eigenvalue weighted by molar-refractivity contribution is 0.101. The van der Waals surface area contributed by atoms with E-state index in [-0.39, 0.29) is 10.7 Å². The van der Waals surface area contributed by atoms with Gasteiger partial charge in [-0.2, -0.15) is 5.10 Å². The van der Waals surface area contributed by atoms with Crippen molar-refractivity contribution in [3.63, 3.8) is 0 Å². The Morgan fingerprint density at radius 3 is 2.62 bits per heavy atom. The highest BCUT2D eigenvalue weighted by atomic mass is 32.2. The second-order valence-corrected chi connectivity index (χ2v) is 6.75. The summed E-state index contributed by atoms with van der Waals surface area (Å²) < 4.78 is 28.9. The molecule has 1 aromatic carbocycles. The standard InChI is InChI=1S/C16H14N4O3S/c1-12(21)13-3-2-4-16(9-13)24(22,23)19-14-10-18-20(11-14)15-5-7-17-8-6-15/h2-11,19H,1H3. The molecule has 2 heterocycles. The van der Waals surface area contributed by atoms with Crippen LogP contribution in [0.15, 0.2) is 66.1 Å². The number of aromatic nitrogens is 3. The summed E-state index contributed by atoms with van der Waals surface area (Å²) in [5.74, 6) is -0.197. The van der Waals surface area contributed by atoms with Crippen LogP contribution in [0.25, 0.3) is 5.69 Å². The quantitative estimate of drug-likeness (QED) is 0.718. The van der Waals surface area contributed by atoms with Gasteiger partial charge in [-0.05, 0) is 31.2 Å². The van der Waals surface area contributed by atoms with Crippen molar-refractivity contribution in [2.24, 2.45) is 0 Å². The van der Waals surface area contributed by atoms with E-state index < -0.39 is 10.0 Å². The number of benzene rings is 1. The van der Waals surface area contributed by atoms with Gasteiger partial charge in [-0.25, -0.2) is 13.1 Å². The molecule has 8 heteroatoms. The molecule has 3 aromatic rings. The summed E-state index contributed by atoms with van der Waals surface area (Å²) in [7, 11) is -3.81. The van der Waals surface area contributed by atoms with Crippen LogP contribution in [-0.4, -0.2) is 29.0 Å². The molecule has 0 aliphatic rings. The van der Waals surface area contributed by atoms with Gasteiger partial charge in [0.1, 0.15) is 0 Å². The molecule has 0 aliphatic carbocycles. The zero-order valence-electron chi connectivity index (χ0n) is 12.7. The van der Waals surface area contributed by atoms with Gasteiger partial charge in [0.15, 0.2) is 5.78 Å². The molecule has 0 aliphatic heterocycles. The van der Waals surface area contributed by atoms with Crippen molar-refractivity contribution >= 4 is 21.5 Å². The van der Waals surface area contributed by atoms with Gasteiger partial charge < -0.3 is 0 Å². The molecule has 0 unspecified atom stereocenters. The Hall–Kier alpha value is -3.00. The summed E-state index contributed by atoms with van der Waals surface area (Å²) in [4.78, 5) is 15.3. The maximum absolute atomic E-state index is 12.5. The minimum atomic E-state index is -3.81. The number of anilines is 1. The Kier molecular flexibility index (Phi) is 4.13. The number of hydrogen-bond donors (Lipinski definition) is 1. The van der Waals surface area contributed by atoms with Crippen LogP contribution in [0, 0.1) is 0 Å². The number of pyridine rings is 1. The molecule has 0 saturated carbocycles. The fourth-order valence-electron chi connectivity index (χ4n) is 2.11. The third-order valence-electron chi connectivity index (χ3n) is 3.31. The Morgan fingerprint density at radius 1 is 1.17 bits per heavy atom. The number of nitrogens with one attached hydrogen (secondary N) is 1. The molecule has 2 aromatic heterocycles. The fraction of sp³-hybridized carbons (Fsp3) is 0.0625. The number of ketones is 1. The second-order valence-electron chi connectivity index (χ2n) is 5.07. The van der Waals surface area contributed by atoms with E-state index in [9.17, 15) is 13.2 Å². The van der Waals surface area contributed by atoms with Crippen molar-refractivity contribution in [3.05, 3.63) is 66.7 Å². The topological polar surface area (TPSA) is 94.0 Å². The molecule has 122 valence electrons. The van der Waals surface area contributed by atoms with E-state index in [0.29, 0.717) is 11.3 Å². The molecular weight excluding hydrogens is 328 g/mol. The largest absolute Gasteiger partial charge is 0.295 e. The van der Waals surface area contributed by atoms with Crippen molar-refractivity contribution in [2.75, 3.05) is 4.72 Å². The molecule has 0 radical (unpaired) electrons. The number of hydrogen-bond acceptors (Lipinski definition) is 5. The summed E-state index contributed by atoms with van der Waals surface area (Å²) >= 11 is 0. The van der Waals surface area contributed by atoms with E-state index in [0.717, 1.165) is 5.69 Å². The van der Waals surface area contributed by atoms with Crippen molar-refractivity contribution in [1.82, 2.24) is 14.8 Å². The van der Waals surface area contributed by atoms with Crippen molar-refractivity contribution in [3.8, 4) is 5.69 Å². The number of carbonyl (C=O) groups excluding carboxylic acids is 1. The van der Waals surface area contributed by atoms with E-state index in [1.165, 1.54) is 36.0 Å². The van der Waals surface area contributed by atoms with Gasteiger partial charge in [0, 0.05) is 18.0 Å². The minimum Gasteiger partial charge on any atom is -0.295 e. The molecule has 0 atom stereocenters. The minimum absolute atomic E-state index is 0.0202. The van der Waals surface area contributed by atoms with Crippen molar-refractivity contribution < 1.29 is 13.2 Å². The molecule has 0 bridgehead atoms. The van der Waals surface area contributed by atoms with Crippen LogP contribution in [0.2, 0.25) is 0 Å². The maximum Gasteiger partial charge on any atom is 0.262 e. The number of Topliss-reactive ketones (excluding diaryl/α,β-unsaturated/α-hetero) is 1. The first-order valence-corrected chi connectivity index (χ1v) is 8.53. The van der Waals surface area contributed by atoms with Gasteiger partial charge in [0.05, 0.1) is 28.7 Å². The SMILES string of the molecule is CC(=O)c1cccc(S(=O)(=O)Nc2cnn(-c3ccncc3)c2)c1. The van der Waals surface area contributed by atoms with Gasteiger partial charge in [0.2, 0.25) is 0 Å². The maximum atomic E-state index is 12.5. The Labute approximate surface area is 139 Å². The molecular formula is C16H14N4O3S. The first-order valence-electron chi connectivity index (χ1n) is 7.04. The summed E-state index contributed by atoms with van der Waals surface area (Å²) in [6, 6.07) is 9.39. The predicted molar refractivity (Wildman–Crippen MR) is 88.6 cm³/mol. The van der Waals surface area contributed by atoms with Crippen molar-refractivity contribution in [2.45, 2.75) is 11.8 Å². The lowest BCUT2D eigenvalue weighted by Crippen LogP contribution is -2.13. The monoisotopic (exact) mass is 342 g/mol. The number of nitrogens with zero attached hydrogens (tertiary/aromatic N) is 3. The average molecular weight is 342 g/mol. The van der Waals surface area contributed by atoms with E-state index in [1.54, 1.807) is 36.8 Å². The molecule has 0 amide bonds. The van der Waals surface area contributed by atoms with Crippen LogP contribution < -0.4 is 4.72 Å². The number of rotatable bonds is 5. The Balaban J connectivity index is 1.87. The predicted octanol–water partition coefficient (Wildman–Crippen LogP) is 2.27. The zero-order valence-corrected chi connectivity index (χ0v) is 13.6. The first-order chi connectivity index (χ1) is 11.5. The molecule has 7 nitrogen and oxygen atoms in total. The van der Waals surface area contributed by atoms with Gasteiger partial charge in [-0.3, -0.25) is 14.5 Å². The highest BCUT2D eigenvalue weighted by Gasteiger charge is 2.16.